The zero-order valence-electron chi connectivity index (χ0n) is 10.8. The lowest BCUT2D eigenvalue weighted by molar-refractivity contribution is -0.137. The lowest BCUT2D eigenvalue weighted by Crippen LogP contribution is -2.33. The summed E-state index contributed by atoms with van der Waals surface area (Å²) >= 11 is 0. The van der Waals surface area contributed by atoms with Crippen LogP contribution in [-0.2, 0) is 20.8 Å². The molecule has 0 spiro atoms. The second-order valence-corrected chi connectivity index (χ2v) is 6.91. The van der Waals surface area contributed by atoms with E-state index in [-0.39, 0.29) is 23.5 Å². The molecule has 0 N–H and O–H groups in total. The van der Waals surface area contributed by atoms with Gasteiger partial charge in [-0.05, 0) is 18.2 Å². The molecule has 21 heavy (non-hydrogen) atoms. The summed E-state index contributed by atoms with van der Waals surface area (Å²) in [7, 11) is -3.37. The summed E-state index contributed by atoms with van der Waals surface area (Å²) in [6.07, 6.45) is -3.67. The standard InChI is InChI=1S/C12H10F3NO4S/c1-21(19,20)5-4-16-9-3-2-7(12(13,14)15)6-8(9)10(17)11(16)18/h2-3,6H,4-5H2,1H3. The zero-order valence-corrected chi connectivity index (χ0v) is 11.6. The van der Waals surface area contributed by atoms with Gasteiger partial charge in [-0.25, -0.2) is 8.42 Å². The van der Waals surface area contributed by atoms with Crippen molar-refractivity contribution in [3.63, 3.8) is 0 Å². The largest absolute Gasteiger partial charge is 0.416 e. The maximum atomic E-state index is 12.6. The molecule has 1 aromatic rings. The first-order chi connectivity index (χ1) is 9.50. The summed E-state index contributed by atoms with van der Waals surface area (Å²) in [4.78, 5) is 24.3. The van der Waals surface area contributed by atoms with Crippen molar-refractivity contribution >= 4 is 27.2 Å². The molecule has 1 amide bonds. The molecule has 114 valence electrons. The van der Waals surface area contributed by atoms with Crippen LogP contribution < -0.4 is 4.90 Å². The van der Waals surface area contributed by atoms with Crippen LogP contribution in [0.25, 0.3) is 0 Å². The SMILES string of the molecule is CS(=O)(=O)CCN1C(=O)C(=O)c2cc(C(F)(F)F)ccc21. The number of ketones is 1. The molecule has 1 aliphatic rings. The summed E-state index contributed by atoms with van der Waals surface area (Å²) in [5.74, 6) is -2.47. The zero-order chi connectivity index (χ0) is 16.0. The quantitative estimate of drug-likeness (QED) is 0.786. The van der Waals surface area contributed by atoms with Crippen molar-refractivity contribution in [2.45, 2.75) is 6.18 Å². The number of amides is 1. The van der Waals surface area contributed by atoms with E-state index < -0.39 is 33.3 Å². The third-order valence-corrected chi connectivity index (χ3v) is 3.91. The molecule has 0 saturated carbocycles. The highest BCUT2D eigenvalue weighted by atomic mass is 32.2. The number of sulfone groups is 1. The predicted octanol–water partition coefficient (Wildman–Crippen LogP) is 1.28. The summed E-state index contributed by atoms with van der Waals surface area (Å²) in [5, 5.41) is 0. The number of carbonyl (C=O) groups excluding carboxylic acids is 2. The van der Waals surface area contributed by atoms with Crippen LogP contribution in [-0.4, -0.2) is 38.7 Å². The van der Waals surface area contributed by atoms with Crippen LogP contribution >= 0.6 is 0 Å². The van der Waals surface area contributed by atoms with Crippen molar-refractivity contribution in [3.8, 4) is 0 Å². The molecule has 0 fully saturated rings. The summed E-state index contributed by atoms with van der Waals surface area (Å²) in [5.41, 5.74) is -1.39. The highest BCUT2D eigenvalue weighted by Crippen LogP contribution is 2.35. The topological polar surface area (TPSA) is 71.5 Å². The van der Waals surface area contributed by atoms with Gasteiger partial charge in [0.2, 0.25) is 0 Å². The lowest BCUT2D eigenvalue weighted by Gasteiger charge is -2.16. The Morgan fingerprint density at radius 2 is 1.81 bits per heavy atom. The van der Waals surface area contributed by atoms with Gasteiger partial charge in [0.25, 0.3) is 11.7 Å². The minimum atomic E-state index is -4.63. The third kappa shape index (κ3) is 3.07. The molecule has 0 atom stereocenters. The van der Waals surface area contributed by atoms with Gasteiger partial charge in [0.1, 0.15) is 9.84 Å². The molecule has 9 heteroatoms. The van der Waals surface area contributed by atoms with E-state index in [1.54, 1.807) is 0 Å². The maximum absolute atomic E-state index is 12.6. The molecule has 0 unspecified atom stereocenters. The number of hydrogen-bond donors (Lipinski definition) is 0. The summed E-state index contributed by atoms with van der Waals surface area (Å²) in [6.45, 7) is -0.276. The molecule has 0 radical (unpaired) electrons. The van der Waals surface area contributed by atoms with E-state index >= 15 is 0 Å². The second-order valence-electron chi connectivity index (χ2n) is 4.65. The number of benzene rings is 1. The van der Waals surface area contributed by atoms with Gasteiger partial charge in [-0.15, -0.1) is 0 Å². The van der Waals surface area contributed by atoms with Crippen molar-refractivity contribution in [3.05, 3.63) is 29.3 Å². The van der Waals surface area contributed by atoms with E-state index in [4.69, 9.17) is 0 Å². The van der Waals surface area contributed by atoms with E-state index in [2.05, 4.69) is 0 Å². The number of rotatable bonds is 3. The Morgan fingerprint density at radius 1 is 1.19 bits per heavy atom. The number of hydrogen-bond acceptors (Lipinski definition) is 4. The molecule has 2 rings (SSSR count). The Labute approximate surface area is 118 Å². The summed E-state index contributed by atoms with van der Waals surface area (Å²) < 4.78 is 60.0. The molecular weight excluding hydrogens is 311 g/mol. The smallest absolute Gasteiger partial charge is 0.304 e. The monoisotopic (exact) mass is 321 g/mol. The number of carbonyl (C=O) groups is 2. The molecule has 0 bridgehead atoms. The van der Waals surface area contributed by atoms with Crippen molar-refractivity contribution in [1.29, 1.82) is 0 Å². The fraction of sp³-hybridized carbons (Fsp3) is 0.333. The first kappa shape index (κ1) is 15.5. The number of nitrogens with zero attached hydrogens (tertiary/aromatic N) is 1. The Hall–Kier alpha value is -1.90. The number of Topliss-reactive ketones (excluding diaryl/α,β-unsaturated/α-hetero) is 1. The van der Waals surface area contributed by atoms with Crippen LogP contribution in [0.3, 0.4) is 0 Å². The van der Waals surface area contributed by atoms with Crippen LogP contribution in [0.15, 0.2) is 18.2 Å². The van der Waals surface area contributed by atoms with Gasteiger partial charge in [-0.2, -0.15) is 13.2 Å². The van der Waals surface area contributed by atoms with Gasteiger partial charge in [0.05, 0.1) is 22.6 Å². The molecular formula is C12H10F3NO4S. The van der Waals surface area contributed by atoms with E-state index in [1.165, 1.54) is 0 Å². The van der Waals surface area contributed by atoms with Gasteiger partial charge in [0, 0.05) is 12.8 Å². The fourth-order valence-corrected chi connectivity index (χ4v) is 2.47. The molecule has 1 aromatic carbocycles. The minimum Gasteiger partial charge on any atom is -0.304 e. The van der Waals surface area contributed by atoms with Crippen molar-refractivity contribution in [1.82, 2.24) is 0 Å². The summed E-state index contributed by atoms with van der Waals surface area (Å²) in [6, 6.07) is 2.36. The van der Waals surface area contributed by atoms with Crippen molar-refractivity contribution in [2.24, 2.45) is 0 Å². The van der Waals surface area contributed by atoms with Crippen LogP contribution in [0.5, 0.6) is 0 Å². The average molecular weight is 321 g/mol. The number of halogens is 3. The van der Waals surface area contributed by atoms with Gasteiger partial charge in [-0.1, -0.05) is 0 Å². The fourth-order valence-electron chi connectivity index (χ4n) is 1.96. The Bertz CT molecular complexity index is 725. The Balaban J connectivity index is 2.39. The van der Waals surface area contributed by atoms with Crippen LogP contribution in [0, 0.1) is 0 Å². The molecule has 5 nitrogen and oxygen atoms in total. The maximum Gasteiger partial charge on any atom is 0.416 e. The number of fused-ring (bicyclic) bond motifs is 1. The van der Waals surface area contributed by atoms with Gasteiger partial charge in [0.15, 0.2) is 0 Å². The Kier molecular flexibility index (Phi) is 3.56. The number of alkyl halides is 3. The average Bonchev–Trinajstić information content (AvgIpc) is 2.58. The Morgan fingerprint density at radius 3 is 2.33 bits per heavy atom. The highest BCUT2D eigenvalue weighted by molar-refractivity contribution is 7.90. The van der Waals surface area contributed by atoms with E-state index in [0.717, 1.165) is 23.3 Å². The van der Waals surface area contributed by atoms with Gasteiger partial charge >= 0.3 is 6.18 Å². The van der Waals surface area contributed by atoms with Gasteiger partial charge < -0.3 is 4.90 Å². The van der Waals surface area contributed by atoms with E-state index in [9.17, 15) is 31.2 Å². The van der Waals surface area contributed by atoms with Crippen LogP contribution in [0.2, 0.25) is 0 Å². The molecule has 1 aliphatic heterocycles. The lowest BCUT2D eigenvalue weighted by atomic mass is 10.1. The van der Waals surface area contributed by atoms with Crippen LogP contribution in [0.1, 0.15) is 15.9 Å². The third-order valence-electron chi connectivity index (χ3n) is 2.98. The molecule has 0 aromatic heterocycles. The van der Waals surface area contributed by atoms with Gasteiger partial charge in [-0.3, -0.25) is 9.59 Å². The molecule has 0 aliphatic carbocycles. The normalized spacial score (nSPS) is 15.5. The highest BCUT2D eigenvalue weighted by Gasteiger charge is 2.39. The molecule has 1 heterocycles. The van der Waals surface area contributed by atoms with E-state index in [0.29, 0.717) is 6.07 Å². The number of anilines is 1. The predicted molar refractivity (Wildman–Crippen MR) is 67.8 cm³/mol. The van der Waals surface area contributed by atoms with Crippen molar-refractivity contribution in [2.75, 3.05) is 23.5 Å². The van der Waals surface area contributed by atoms with E-state index in [1.807, 2.05) is 0 Å². The van der Waals surface area contributed by atoms with Crippen molar-refractivity contribution < 1.29 is 31.2 Å². The second kappa shape index (κ2) is 4.83. The first-order valence-corrected chi connectivity index (χ1v) is 7.82. The first-order valence-electron chi connectivity index (χ1n) is 5.76. The molecule has 0 saturated heterocycles. The van der Waals surface area contributed by atoms with Crippen LogP contribution in [0.4, 0.5) is 18.9 Å². The minimum absolute atomic E-state index is 0.00153.